The lowest BCUT2D eigenvalue weighted by atomic mass is 10.1. The monoisotopic (exact) mass is 373 g/mol. The van der Waals surface area contributed by atoms with E-state index in [0.717, 1.165) is 23.8 Å². The number of benzene rings is 2. The van der Waals surface area contributed by atoms with Crippen molar-refractivity contribution in [3.8, 4) is 5.75 Å². The van der Waals surface area contributed by atoms with Crippen LogP contribution in [0.2, 0.25) is 5.02 Å². The van der Waals surface area contributed by atoms with Crippen molar-refractivity contribution < 1.29 is 14.3 Å². The lowest BCUT2D eigenvalue weighted by molar-refractivity contribution is -0.128. The quantitative estimate of drug-likeness (QED) is 0.703. The fourth-order valence-electron chi connectivity index (χ4n) is 2.49. The SMILES string of the molecule is CC(C)(Oc1ccc(Cl)cc1)C(=O)Nc1cccc(COCC2CC2)c1. The van der Waals surface area contributed by atoms with E-state index in [9.17, 15) is 4.79 Å². The molecular weight excluding hydrogens is 350 g/mol. The van der Waals surface area contributed by atoms with Crippen molar-refractivity contribution in [1.82, 2.24) is 0 Å². The van der Waals surface area contributed by atoms with Crippen molar-refractivity contribution in [1.29, 1.82) is 0 Å². The van der Waals surface area contributed by atoms with E-state index in [1.165, 1.54) is 12.8 Å². The van der Waals surface area contributed by atoms with Crippen LogP contribution in [0.3, 0.4) is 0 Å². The maximum absolute atomic E-state index is 12.6. The van der Waals surface area contributed by atoms with Crippen molar-refractivity contribution in [2.75, 3.05) is 11.9 Å². The van der Waals surface area contributed by atoms with E-state index in [-0.39, 0.29) is 5.91 Å². The molecule has 0 spiro atoms. The number of carbonyl (C=O) groups is 1. The molecule has 0 unspecified atom stereocenters. The predicted octanol–water partition coefficient (Wildman–Crippen LogP) is 5.06. The highest BCUT2D eigenvalue weighted by molar-refractivity contribution is 6.30. The second kappa shape index (κ2) is 8.11. The van der Waals surface area contributed by atoms with Crippen LogP contribution in [-0.4, -0.2) is 18.1 Å². The van der Waals surface area contributed by atoms with E-state index in [1.807, 2.05) is 24.3 Å². The summed E-state index contributed by atoms with van der Waals surface area (Å²) in [6.45, 7) is 4.85. The molecule has 3 rings (SSSR count). The normalized spacial score (nSPS) is 14.1. The van der Waals surface area contributed by atoms with Gasteiger partial charge >= 0.3 is 0 Å². The Kier molecular flexibility index (Phi) is 5.84. The van der Waals surface area contributed by atoms with Gasteiger partial charge in [0.25, 0.3) is 5.91 Å². The van der Waals surface area contributed by atoms with E-state index in [4.69, 9.17) is 21.1 Å². The minimum Gasteiger partial charge on any atom is -0.478 e. The fourth-order valence-corrected chi connectivity index (χ4v) is 2.62. The molecule has 1 aliphatic carbocycles. The van der Waals surface area contributed by atoms with E-state index in [1.54, 1.807) is 38.1 Å². The van der Waals surface area contributed by atoms with Crippen molar-refractivity contribution >= 4 is 23.2 Å². The molecule has 26 heavy (non-hydrogen) atoms. The predicted molar refractivity (Wildman–Crippen MR) is 104 cm³/mol. The Labute approximate surface area is 159 Å². The minimum absolute atomic E-state index is 0.219. The lowest BCUT2D eigenvalue weighted by Crippen LogP contribution is -2.42. The Hall–Kier alpha value is -2.04. The van der Waals surface area contributed by atoms with Crippen molar-refractivity contribution in [3.63, 3.8) is 0 Å². The lowest BCUT2D eigenvalue weighted by Gasteiger charge is -2.25. The first-order chi connectivity index (χ1) is 12.4. The third-order valence-corrected chi connectivity index (χ3v) is 4.49. The zero-order chi connectivity index (χ0) is 18.6. The summed E-state index contributed by atoms with van der Waals surface area (Å²) in [4.78, 5) is 12.6. The van der Waals surface area contributed by atoms with Crippen LogP contribution in [-0.2, 0) is 16.1 Å². The maximum atomic E-state index is 12.6. The van der Waals surface area contributed by atoms with Crippen LogP contribution in [0.4, 0.5) is 5.69 Å². The number of ether oxygens (including phenoxy) is 2. The van der Waals surface area contributed by atoms with E-state index in [0.29, 0.717) is 17.4 Å². The van der Waals surface area contributed by atoms with Crippen LogP contribution in [0.1, 0.15) is 32.3 Å². The molecule has 138 valence electrons. The second-order valence-corrected chi connectivity index (χ2v) is 7.62. The van der Waals surface area contributed by atoms with Crippen LogP contribution in [0.15, 0.2) is 48.5 Å². The molecule has 0 aromatic heterocycles. The standard InChI is InChI=1S/C21H24ClNO3/c1-21(2,26-19-10-8-17(22)9-11-19)20(24)23-18-5-3-4-16(12-18)14-25-13-15-6-7-15/h3-5,8-12,15H,6-7,13-14H2,1-2H3,(H,23,24). The Balaban J connectivity index is 1.57. The zero-order valence-electron chi connectivity index (χ0n) is 15.1. The number of rotatable bonds is 8. The summed E-state index contributed by atoms with van der Waals surface area (Å²) in [5.74, 6) is 1.11. The first-order valence-corrected chi connectivity index (χ1v) is 9.23. The van der Waals surface area contributed by atoms with E-state index < -0.39 is 5.60 Å². The van der Waals surface area contributed by atoms with E-state index in [2.05, 4.69) is 5.32 Å². The fraction of sp³-hybridized carbons (Fsp3) is 0.381. The molecular formula is C21H24ClNO3. The molecule has 1 aliphatic rings. The summed E-state index contributed by atoms with van der Waals surface area (Å²) in [6, 6.07) is 14.7. The number of hydrogen-bond donors (Lipinski definition) is 1. The average molecular weight is 374 g/mol. The number of anilines is 1. The van der Waals surface area contributed by atoms with E-state index >= 15 is 0 Å². The maximum Gasteiger partial charge on any atom is 0.267 e. The highest BCUT2D eigenvalue weighted by Crippen LogP contribution is 2.29. The van der Waals surface area contributed by atoms with Gasteiger partial charge in [-0.25, -0.2) is 0 Å². The smallest absolute Gasteiger partial charge is 0.267 e. The first-order valence-electron chi connectivity index (χ1n) is 8.85. The number of nitrogens with one attached hydrogen (secondary N) is 1. The average Bonchev–Trinajstić information content (AvgIpc) is 3.41. The summed E-state index contributed by atoms with van der Waals surface area (Å²) >= 11 is 5.88. The summed E-state index contributed by atoms with van der Waals surface area (Å²) in [6.07, 6.45) is 2.55. The Morgan fingerprint density at radius 3 is 2.62 bits per heavy atom. The number of hydrogen-bond acceptors (Lipinski definition) is 3. The van der Waals surface area contributed by atoms with Crippen LogP contribution >= 0.6 is 11.6 Å². The van der Waals surface area contributed by atoms with Crippen LogP contribution in [0.5, 0.6) is 5.75 Å². The Morgan fingerprint density at radius 1 is 1.19 bits per heavy atom. The van der Waals surface area contributed by atoms with Crippen LogP contribution < -0.4 is 10.1 Å². The summed E-state index contributed by atoms with van der Waals surface area (Å²) in [5, 5.41) is 3.55. The van der Waals surface area contributed by atoms with Gasteiger partial charge in [0.1, 0.15) is 5.75 Å². The molecule has 2 aromatic rings. The first kappa shape index (κ1) is 18.7. The summed E-state index contributed by atoms with van der Waals surface area (Å²) in [5.41, 5.74) is 0.752. The van der Waals surface area contributed by atoms with Crippen molar-refractivity contribution in [3.05, 3.63) is 59.1 Å². The molecule has 1 fully saturated rings. The van der Waals surface area contributed by atoms with Gasteiger partial charge in [-0.15, -0.1) is 0 Å². The molecule has 1 amide bonds. The molecule has 0 radical (unpaired) electrons. The molecule has 1 N–H and O–H groups in total. The Morgan fingerprint density at radius 2 is 1.92 bits per heavy atom. The molecule has 0 heterocycles. The van der Waals surface area contributed by atoms with Gasteiger partial charge in [0, 0.05) is 17.3 Å². The molecule has 0 saturated heterocycles. The second-order valence-electron chi connectivity index (χ2n) is 7.18. The molecule has 1 saturated carbocycles. The van der Waals surface area contributed by atoms with Crippen molar-refractivity contribution in [2.24, 2.45) is 5.92 Å². The summed E-state index contributed by atoms with van der Waals surface area (Å²) < 4.78 is 11.5. The number of halogens is 1. The third kappa shape index (κ3) is 5.48. The van der Waals surface area contributed by atoms with Gasteiger partial charge in [-0.1, -0.05) is 23.7 Å². The zero-order valence-corrected chi connectivity index (χ0v) is 15.9. The van der Waals surface area contributed by atoms with Gasteiger partial charge in [0.05, 0.1) is 6.61 Å². The number of carbonyl (C=O) groups excluding carboxylic acids is 1. The van der Waals surface area contributed by atoms with Gasteiger partial charge < -0.3 is 14.8 Å². The van der Waals surface area contributed by atoms with Gasteiger partial charge in [-0.3, -0.25) is 4.79 Å². The largest absolute Gasteiger partial charge is 0.478 e. The van der Waals surface area contributed by atoms with Gasteiger partial charge in [-0.2, -0.15) is 0 Å². The van der Waals surface area contributed by atoms with Crippen LogP contribution in [0.25, 0.3) is 0 Å². The molecule has 2 aromatic carbocycles. The third-order valence-electron chi connectivity index (χ3n) is 4.24. The number of amides is 1. The molecule has 0 atom stereocenters. The molecule has 0 bridgehead atoms. The van der Waals surface area contributed by atoms with Gasteiger partial charge in [-0.05, 0) is 74.6 Å². The molecule has 5 heteroatoms. The highest BCUT2D eigenvalue weighted by Gasteiger charge is 2.30. The minimum atomic E-state index is -1.02. The van der Waals surface area contributed by atoms with Gasteiger partial charge in [0.15, 0.2) is 5.60 Å². The highest BCUT2D eigenvalue weighted by atomic mass is 35.5. The van der Waals surface area contributed by atoms with Crippen LogP contribution in [0, 0.1) is 5.92 Å². The molecule has 4 nitrogen and oxygen atoms in total. The summed E-state index contributed by atoms with van der Waals surface area (Å²) in [7, 11) is 0. The van der Waals surface area contributed by atoms with Gasteiger partial charge in [0.2, 0.25) is 0 Å². The molecule has 0 aliphatic heterocycles. The Bertz CT molecular complexity index is 754. The van der Waals surface area contributed by atoms with Crippen molar-refractivity contribution in [2.45, 2.75) is 38.9 Å². The topological polar surface area (TPSA) is 47.6 Å².